The molecule has 1 aliphatic carbocycles. The van der Waals surface area contributed by atoms with Crippen molar-refractivity contribution in [1.82, 2.24) is 20.5 Å². The standard InChI is InChI=1S/C27H34ClFN4O4.C2H6/c28-21-4-2-1-3-17(26(21)29)15-31-24(36)11-14-33-12-9-18(10-13-33)30-16-23(35)19-5-7-22(34)27-20(19)6-8-25(37)32-27;1-2/h4-8,18,23,30,34-35H,1-3,9-16H2,(H,31,36)(H,32,37);1-2H3. The number of piperidine rings is 1. The van der Waals surface area contributed by atoms with Gasteiger partial charge in [-0.3, -0.25) is 9.59 Å². The number of carbonyl (C=O) groups is 1. The Morgan fingerprint density at radius 1 is 1.23 bits per heavy atom. The Balaban J connectivity index is 0.00000205. The van der Waals surface area contributed by atoms with Crippen LogP contribution in [0.2, 0.25) is 0 Å². The second-order valence-electron chi connectivity index (χ2n) is 9.71. The molecule has 1 atom stereocenters. The van der Waals surface area contributed by atoms with Crippen LogP contribution in [-0.2, 0) is 4.79 Å². The van der Waals surface area contributed by atoms with Crippen LogP contribution in [0.5, 0.6) is 5.75 Å². The number of aromatic hydroxyl groups is 1. The number of benzene rings is 1. The highest BCUT2D eigenvalue weighted by Gasteiger charge is 2.22. The van der Waals surface area contributed by atoms with Crippen LogP contribution in [0.3, 0.4) is 0 Å². The minimum Gasteiger partial charge on any atom is -0.506 e. The summed E-state index contributed by atoms with van der Waals surface area (Å²) in [5.41, 5.74) is 1.19. The summed E-state index contributed by atoms with van der Waals surface area (Å²) in [6.45, 7) is 6.85. The molecule has 39 heavy (non-hydrogen) atoms. The van der Waals surface area contributed by atoms with Gasteiger partial charge in [0.15, 0.2) is 0 Å². The largest absolute Gasteiger partial charge is 0.506 e. The second kappa shape index (κ2) is 15.2. The molecule has 0 spiro atoms. The van der Waals surface area contributed by atoms with Crippen LogP contribution in [0.25, 0.3) is 10.9 Å². The highest BCUT2D eigenvalue weighted by Crippen LogP contribution is 2.29. The molecular formula is C29H40ClFN4O4. The van der Waals surface area contributed by atoms with Crippen LogP contribution >= 0.6 is 11.6 Å². The van der Waals surface area contributed by atoms with E-state index >= 15 is 0 Å². The van der Waals surface area contributed by atoms with Gasteiger partial charge in [0.2, 0.25) is 11.5 Å². The van der Waals surface area contributed by atoms with Gasteiger partial charge in [-0.25, -0.2) is 4.39 Å². The molecule has 1 amide bonds. The molecule has 2 aromatic rings. The van der Waals surface area contributed by atoms with E-state index in [4.69, 9.17) is 11.6 Å². The summed E-state index contributed by atoms with van der Waals surface area (Å²) in [5.74, 6) is -0.545. The number of rotatable bonds is 9. The number of aliphatic hydroxyl groups is 1. The fraction of sp³-hybridized carbons (Fsp3) is 0.517. The van der Waals surface area contributed by atoms with Crippen molar-refractivity contribution in [2.75, 3.05) is 32.7 Å². The number of allylic oxidation sites excluding steroid dienone is 3. The maximum absolute atomic E-state index is 14.2. The third-order valence-electron chi connectivity index (χ3n) is 7.13. The van der Waals surface area contributed by atoms with Crippen LogP contribution in [0.1, 0.15) is 64.0 Å². The molecule has 1 unspecified atom stereocenters. The summed E-state index contributed by atoms with van der Waals surface area (Å²) in [6.07, 6.45) is 5.17. The Morgan fingerprint density at radius 2 is 1.97 bits per heavy atom. The van der Waals surface area contributed by atoms with Crippen molar-refractivity contribution in [3.63, 3.8) is 0 Å². The lowest BCUT2D eigenvalue weighted by molar-refractivity contribution is -0.121. The van der Waals surface area contributed by atoms with E-state index in [1.165, 1.54) is 12.1 Å². The van der Waals surface area contributed by atoms with Crippen molar-refractivity contribution in [3.8, 4) is 5.75 Å². The predicted molar refractivity (Wildman–Crippen MR) is 154 cm³/mol. The molecule has 0 radical (unpaired) electrons. The highest BCUT2D eigenvalue weighted by atomic mass is 35.5. The molecule has 10 heteroatoms. The van der Waals surface area contributed by atoms with Crippen LogP contribution in [-0.4, -0.2) is 64.8 Å². The quantitative estimate of drug-likeness (QED) is 0.309. The Morgan fingerprint density at radius 3 is 2.72 bits per heavy atom. The second-order valence-corrected chi connectivity index (χ2v) is 10.1. The van der Waals surface area contributed by atoms with Gasteiger partial charge >= 0.3 is 0 Å². The Labute approximate surface area is 233 Å². The SMILES string of the molecule is CC.O=C(CCN1CCC(NCC(O)c2ccc(O)c3[nH]c(=O)ccc23)CC1)NCC1=C(F)C(Cl)=CCCC1. The summed E-state index contributed by atoms with van der Waals surface area (Å²) < 4.78 is 14.2. The zero-order valence-corrected chi connectivity index (χ0v) is 23.5. The Hall–Kier alpha value is -2.72. The number of aromatic amines is 1. The fourth-order valence-electron chi connectivity index (χ4n) is 4.93. The summed E-state index contributed by atoms with van der Waals surface area (Å²) in [5, 5.41) is 27.8. The van der Waals surface area contributed by atoms with Crippen LogP contribution in [0.4, 0.5) is 4.39 Å². The van der Waals surface area contributed by atoms with Gasteiger partial charge < -0.3 is 30.7 Å². The number of hydrogen-bond acceptors (Lipinski definition) is 6. The lowest BCUT2D eigenvalue weighted by Crippen LogP contribution is -2.44. The van der Waals surface area contributed by atoms with Gasteiger partial charge in [-0.2, -0.15) is 0 Å². The number of hydrogen-bond donors (Lipinski definition) is 5. The number of phenolic OH excluding ortho intramolecular Hbond substituents is 1. The van der Waals surface area contributed by atoms with Gasteiger partial charge in [0.05, 0.1) is 16.7 Å². The van der Waals surface area contributed by atoms with E-state index < -0.39 is 11.9 Å². The molecule has 1 aromatic carbocycles. The molecule has 1 aliphatic heterocycles. The van der Waals surface area contributed by atoms with Crippen molar-refractivity contribution >= 4 is 28.4 Å². The first kappa shape index (κ1) is 30.8. The maximum Gasteiger partial charge on any atom is 0.248 e. The summed E-state index contributed by atoms with van der Waals surface area (Å²) in [6, 6.07) is 6.37. The van der Waals surface area contributed by atoms with E-state index in [0.717, 1.165) is 38.8 Å². The number of phenols is 1. The third-order valence-corrected chi connectivity index (χ3v) is 7.45. The normalized spacial score (nSPS) is 17.7. The van der Waals surface area contributed by atoms with Gasteiger partial charge in [0.1, 0.15) is 11.6 Å². The number of nitrogens with one attached hydrogen (secondary N) is 3. The number of pyridine rings is 1. The first-order valence-electron chi connectivity index (χ1n) is 13.8. The van der Waals surface area contributed by atoms with E-state index in [9.17, 15) is 24.2 Å². The predicted octanol–water partition coefficient (Wildman–Crippen LogP) is 4.38. The number of H-pyrrole nitrogens is 1. The molecule has 1 saturated heterocycles. The van der Waals surface area contributed by atoms with E-state index in [1.807, 2.05) is 13.8 Å². The van der Waals surface area contributed by atoms with Crippen LogP contribution in [0, 0.1) is 0 Å². The molecule has 5 N–H and O–H groups in total. The van der Waals surface area contributed by atoms with Crippen molar-refractivity contribution in [3.05, 3.63) is 62.7 Å². The van der Waals surface area contributed by atoms with Crippen molar-refractivity contribution < 1.29 is 19.4 Å². The van der Waals surface area contributed by atoms with Crippen LogP contribution < -0.4 is 16.2 Å². The number of amides is 1. The average Bonchev–Trinajstić information content (AvgIpc) is 3.11. The van der Waals surface area contributed by atoms with Gasteiger partial charge in [-0.1, -0.05) is 37.6 Å². The van der Waals surface area contributed by atoms with Gasteiger partial charge in [-0.05, 0) is 68.5 Å². The third kappa shape index (κ3) is 8.63. The molecule has 8 nitrogen and oxygen atoms in total. The van der Waals surface area contributed by atoms with Crippen LogP contribution in [0.15, 0.2) is 51.6 Å². The van der Waals surface area contributed by atoms with E-state index in [-0.39, 0.29) is 34.8 Å². The van der Waals surface area contributed by atoms with Gasteiger partial charge in [0.25, 0.3) is 0 Å². The molecule has 214 valence electrons. The monoisotopic (exact) mass is 562 g/mol. The van der Waals surface area contributed by atoms with Gasteiger partial charge in [-0.15, -0.1) is 0 Å². The molecule has 1 fully saturated rings. The summed E-state index contributed by atoms with van der Waals surface area (Å²) >= 11 is 5.93. The Bertz CT molecular complexity index is 1240. The Kier molecular flexibility index (Phi) is 12.0. The number of aliphatic hydroxyl groups excluding tert-OH is 1. The molecule has 2 heterocycles. The average molecular weight is 563 g/mol. The smallest absolute Gasteiger partial charge is 0.248 e. The lowest BCUT2D eigenvalue weighted by Gasteiger charge is -2.32. The lowest BCUT2D eigenvalue weighted by atomic mass is 10.0. The van der Waals surface area contributed by atoms with Crippen molar-refractivity contribution in [1.29, 1.82) is 0 Å². The topological polar surface area (TPSA) is 118 Å². The van der Waals surface area contributed by atoms with E-state index in [0.29, 0.717) is 48.0 Å². The van der Waals surface area contributed by atoms with Gasteiger partial charge in [0, 0.05) is 43.5 Å². The number of nitrogens with zero attached hydrogens (tertiary/aromatic N) is 1. The molecule has 4 rings (SSSR count). The van der Waals surface area contributed by atoms with E-state index in [1.54, 1.807) is 18.2 Å². The number of fused-ring (bicyclic) bond motifs is 1. The summed E-state index contributed by atoms with van der Waals surface area (Å²) in [7, 11) is 0. The molecule has 1 aromatic heterocycles. The first-order chi connectivity index (χ1) is 18.8. The minimum absolute atomic E-state index is 0.0344. The maximum atomic E-state index is 14.2. The molecule has 0 bridgehead atoms. The number of aromatic nitrogens is 1. The number of likely N-dealkylation sites (tertiary alicyclic amines) is 1. The highest BCUT2D eigenvalue weighted by molar-refractivity contribution is 6.31. The van der Waals surface area contributed by atoms with E-state index in [2.05, 4.69) is 20.5 Å². The first-order valence-corrected chi connectivity index (χ1v) is 14.2. The minimum atomic E-state index is -0.797. The van der Waals surface area contributed by atoms with Crippen molar-refractivity contribution in [2.45, 2.75) is 64.5 Å². The number of carbonyl (C=O) groups excluding carboxylic acids is 1. The summed E-state index contributed by atoms with van der Waals surface area (Å²) in [4.78, 5) is 28.8. The zero-order chi connectivity index (χ0) is 28.4. The fourth-order valence-corrected chi connectivity index (χ4v) is 5.17. The zero-order valence-electron chi connectivity index (χ0n) is 22.7. The molecule has 0 saturated carbocycles. The number of halogens is 2. The molecule has 2 aliphatic rings. The molecular weight excluding hydrogens is 523 g/mol. The van der Waals surface area contributed by atoms with Crippen molar-refractivity contribution in [2.24, 2.45) is 0 Å².